The summed E-state index contributed by atoms with van der Waals surface area (Å²) in [5.74, 6) is -0.0799. The van der Waals surface area contributed by atoms with Crippen molar-refractivity contribution in [3.05, 3.63) is 41.5 Å². The first-order valence-corrected chi connectivity index (χ1v) is 5.85. The van der Waals surface area contributed by atoms with Gasteiger partial charge in [-0.15, -0.1) is 0 Å². The minimum Gasteiger partial charge on any atom is -0.291 e. The third-order valence-electron chi connectivity index (χ3n) is 2.81. The van der Waals surface area contributed by atoms with Crippen LogP contribution in [0.2, 0.25) is 0 Å². The zero-order valence-electron chi connectivity index (χ0n) is 10.00. The molecule has 1 heterocycles. The quantitative estimate of drug-likeness (QED) is 0.867. The molecule has 2 rings (SSSR count). The van der Waals surface area contributed by atoms with Crippen LogP contribution in [0.4, 0.5) is 13.2 Å². The number of carbonyl (C=O) groups is 1. The standard InChI is InChI=1S/C13H13F3N2O/c14-13(15,16)10-3-1-2-9(8-10)4-5-11-6-7-12(19)18-17-11/h1-5,8,11,17H,6-7H2,(H,18,19)/b5-4+. The van der Waals surface area contributed by atoms with Crippen molar-refractivity contribution in [2.75, 3.05) is 0 Å². The van der Waals surface area contributed by atoms with E-state index in [0.29, 0.717) is 18.4 Å². The summed E-state index contributed by atoms with van der Waals surface area (Å²) in [6, 6.07) is 5.05. The van der Waals surface area contributed by atoms with E-state index < -0.39 is 11.7 Å². The molecule has 2 N–H and O–H groups in total. The van der Waals surface area contributed by atoms with E-state index in [2.05, 4.69) is 10.9 Å². The number of amides is 1. The average molecular weight is 270 g/mol. The van der Waals surface area contributed by atoms with Crippen molar-refractivity contribution in [2.24, 2.45) is 0 Å². The topological polar surface area (TPSA) is 41.1 Å². The van der Waals surface area contributed by atoms with Crippen molar-refractivity contribution >= 4 is 12.0 Å². The summed E-state index contributed by atoms with van der Waals surface area (Å²) >= 11 is 0. The molecular weight excluding hydrogens is 257 g/mol. The van der Waals surface area contributed by atoms with Crippen LogP contribution in [-0.4, -0.2) is 11.9 Å². The monoisotopic (exact) mass is 270 g/mol. The van der Waals surface area contributed by atoms with Gasteiger partial charge in [-0.25, -0.2) is 5.43 Å². The number of nitrogens with one attached hydrogen (secondary N) is 2. The highest BCUT2D eigenvalue weighted by Gasteiger charge is 2.30. The van der Waals surface area contributed by atoms with Gasteiger partial charge in [0, 0.05) is 12.5 Å². The molecule has 1 aliphatic rings. The van der Waals surface area contributed by atoms with Crippen molar-refractivity contribution in [1.82, 2.24) is 10.9 Å². The first kappa shape index (κ1) is 13.6. The van der Waals surface area contributed by atoms with Crippen LogP contribution >= 0.6 is 0 Å². The molecule has 0 aliphatic carbocycles. The number of halogens is 3. The second-order valence-corrected chi connectivity index (χ2v) is 4.32. The van der Waals surface area contributed by atoms with Gasteiger partial charge in [0.15, 0.2) is 0 Å². The van der Waals surface area contributed by atoms with Crippen molar-refractivity contribution in [3.63, 3.8) is 0 Å². The first-order chi connectivity index (χ1) is 8.95. The molecule has 1 fully saturated rings. The van der Waals surface area contributed by atoms with Crippen LogP contribution in [0.25, 0.3) is 6.08 Å². The molecule has 0 saturated carbocycles. The highest BCUT2D eigenvalue weighted by molar-refractivity contribution is 5.76. The Morgan fingerprint density at radius 1 is 1.32 bits per heavy atom. The van der Waals surface area contributed by atoms with Crippen molar-refractivity contribution in [2.45, 2.75) is 25.1 Å². The Morgan fingerprint density at radius 3 is 2.74 bits per heavy atom. The van der Waals surface area contributed by atoms with E-state index in [-0.39, 0.29) is 11.9 Å². The summed E-state index contributed by atoms with van der Waals surface area (Å²) in [7, 11) is 0. The van der Waals surface area contributed by atoms with Crippen LogP contribution in [0.15, 0.2) is 30.3 Å². The lowest BCUT2D eigenvalue weighted by molar-refractivity contribution is -0.137. The Labute approximate surface area is 108 Å². The van der Waals surface area contributed by atoms with Gasteiger partial charge in [-0.3, -0.25) is 10.2 Å². The molecule has 0 spiro atoms. The summed E-state index contributed by atoms with van der Waals surface area (Å²) < 4.78 is 37.6. The number of hydrogen-bond acceptors (Lipinski definition) is 2. The van der Waals surface area contributed by atoms with E-state index in [1.165, 1.54) is 6.07 Å². The van der Waals surface area contributed by atoms with Crippen molar-refractivity contribution in [1.29, 1.82) is 0 Å². The summed E-state index contributed by atoms with van der Waals surface area (Å²) in [6.45, 7) is 0. The third-order valence-corrected chi connectivity index (χ3v) is 2.81. The van der Waals surface area contributed by atoms with Crippen LogP contribution in [0.1, 0.15) is 24.0 Å². The van der Waals surface area contributed by atoms with E-state index in [9.17, 15) is 18.0 Å². The minimum atomic E-state index is -4.33. The van der Waals surface area contributed by atoms with E-state index in [0.717, 1.165) is 12.1 Å². The highest BCUT2D eigenvalue weighted by atomic mass is 19.4. The first-order valence-electron chi connectivity index (χ1n) is 5.85. The molecule has 1 aromatic carbocycles. The number of hydrogen-bond donors (Lipinski definition) is 2. The second-order valence-electron chi connectivity index (χ2n) is 4.32. The molecule has 0 bridgehead atoms. The predicted octanol–water partition coefficient (Wildman–Crippen LogP) is 2.50. The predicted molar refractivity (Wildman–Crippen MR) is 64.8 cm³/mol. The van der Waals surface area contributed by atoms with Gasteiger partial charge in [0.1, 0.15) is 0 Å². The molecule has 0 aromatic heterocycles. The van der Waals surface area contributed by atoms with Gasteiger partial charge in [0.05, 0.1) is 5.56 Å². The Kier molecular flexibility index (Phi) is 3.90. The van der Waals surface area contributed by atoms with E-state index >= 15 is 0 Å². The fourth-order valence-corrected chi connectivity index (χ4v) is 1.78. The maximum Gasteiger partial charge on any atom is 0.416 e. The van der Waals surface area contributed by atoms with E-state index in [1.807, 2.05) is 0 Å². The Bertz CT molecular complexity index is 487. The summed E-state index contributed by atoms with van der Waals surface area (Å²) in [5, 5.41) is 0. The zero-order chi connectivity index (χ0) is 13.9. The fourth-order valence-electron chi connectivity index (χ4n) is 1.78. The Hall–Kier alpha value is -1.82. The number of carbonyl (C=O) groups excluding carboxylic acids is 1. The summed E-state index contributed by atoms with van der Waals surface area (Å²) in [6.07, 6.45) is 0.0616. The fraction of sp³-hybridized carbons (Fsp3) is 0.308. The Morgan fingerprint density at radius 2 is 2.11 bits per heavy atom. The number of hydrazine groups is 1. The van der Waals surface area contributed by atoms with Crippen LogP contribution in [0, 0.1) is 0 Å². The molecule has 19 heavy (non-hydrogen) atoms. The molecule has 1 unspecified atom stereocenters. The molecule has 3 nitrogen and oxygen atoms in total. The number of benzene rings is 1. The second kappa shape index (κ2) is 5.44. The molecule has 1 atom stereocenters. The molecule has 6 heteroatoms. The maximum atomic E-state index is 12.5. The normalized spacial score (nSPS) is 20.6. The number of rotatable bonds is 2. The van der Waals surface area contributed by atoms with Crippen LogP contribution in [0.3, 0.4) is 0 Å². The van der Waals surface area contributed by atoms with Crippen molar-refractivity contribution < 1.29 is 18.0 Å². The molecular formula is C13H13F3N2O. The van der Waals surface area contributed by atoms with Gasteiger partial charge in [-0.1, -0.05) is 24.3 Å². The SMILES string of the molecule is O=C1CCC(/C=C/c2cccc(C(F)(F)F)c2)NN1. The number of alkyl halides is 3. The third kappa shape index (κ3) is 3.82. The van der Waals surface area contributed by atoms with Crippen LogP contribution in [-0.2, 0) is 11.0 Å². The summed E-state index contributed by atoms with van der Waals surface area (Å²) in [4.78, 5) is 10.9. The smallest absolute Gasteiger partial charge is 0.291 e. The van der Waals surface area contributed by atoms with Gasteiger partial charge in [-0.05, 0) is 24.1 Å². The van der Waals surface area contributed by atoms with Crippen molar-refractivity contribution in [3.8, 4) is 0 Å². The molecule has 1 saturated heterocycles. The minimum absolute atomic E-state index is 0.0627. The average Bonchev–Trinajstić information content (AvgIpc) is 2.37. The molecule has 1 aromatic rings. The Balaban J connectivity index is 2.05. The molecule has 1 aliphatic heterocycles. The lowest BCUT2D eigenvalue weighted by atomic mass is 10.1. The van der Waals surface area contributed by atoms with E-state index in [4.69, 9.17) is 0 Å². The zero-order valence-corrected chi connectivity index (χ0v) is 10.00. The maximum absolute atomic E-state index is 12.5. The largest absolute Gasteiger partial charge is 0.416 e. The van der Waals surface area contributed by atoms with Gasteiger partial charge in [-0.2, -0.15) is 13.2 Å². The molecule has 1 amide bonds. The van der Waals surface area contributed by atoms with Crippen LogP contribution < -0.4 is 10.9 Å². The van der Waals surface area contributed by atoms with Gasteiger partial charge in [0.25, 0.3) is 0 Å². The summed E-state index contributed by atoms with van der Waals surface area (Å²) in [5.41, 5.74) is 5.07. The lowest BCUT2D eigenvalue weighted by Gasteiger charge is -2.20. The van der Waals surface area contributed by atoms with Gasteiger partial charge in [0.2, 0.25) is 5.91 Å². The molecule has 0 radical (unpaired) electrons. The van der Waals surface area contributed by atoms with Crippen LogP contribution in [0.5, 0.6) is 0 Å². The van der Waals surface area contributed by atoms with E-state index in [1.54, 1.807) is 18.2 Å². The van der Waals surface area contributed by atoms with Gasteiger partial charge >= 0.3 is 6.18 Å². The van der Waals surface area contributed by atoms with Gasteiger partial charge < -0.3 is 0 Å². The molecule has 102 valence electrons. The highest BCUT2D eigenvalue weighted by Crippen LogP contribution is 2.29. The lowest BCUT2D eigenvalue weighted by Crippen LogP contribution is -2.48.